The Balaban J connectivity index is 3.29. The first kappa shape index (κ1) is 9.39. The van der Waals surface area contributed by atoms with Crippen LogP contribution in [-0.4, -0.2) is 37.8 Å². The number of nitrogens with two attached hydrogens (primary N) is 1. The highest BCUT2D eigenvalue weighted by Gasteiger charge is 2.07. The van der Waals surface area contributed by atoms with Crippen molar-refractivity contribution in [3.05, 3.63) is 0 Å². The molecular formula is C6H15N2O2+. The van der Waals surface area contributed by atoms with Crippen LogP contribution in [0.15, 0.2) is 0 Å². The van der Waals surface area contributed by atoms with E-state index in [-0.39, 0.29) is 5.97 Å². The number of quaternary nitrogens is 1. The second-order valence-electron chi connectivity index (χ2n) is 2.84. The summed E-state index contributed by atoms with van der Waals surface area (Å²) in [5.41, 5.74) is 0. The van der Waals surface area contributed by atoms with Crippen LogP contribution < -0.4 is 5.84 Å². The molecule has 2 N–H and O–H groups in total. The lowest BCUT2D eigenvalue weighted by atomic mass is 10.6. The van der Waals surface area contributed by atoms with Gasteiger partial charge in [0.2, 0.25) is 0 Å². The molecule has 0 unspecified atom stereocenters. The Labute approximate surface area is 61.1 Å². The van der Waals surface area contributed by atoms with E-state index in [0.29, 0.717) is 17.7 Å². The first-order chi connectivity index (χ1) is 4.42. The SMILES string of the molecule is CC(=O)OCC[N+](C)(C)N. The fourth-order valence-corrected chi connectivity index (χ4v) is 0.425. The molecule has 0 fully saturated rings. The number of esters is 1. The van der Waals surface area contributed by atoms with E-state index >= 15 is 0 Å². The standard InChI is InChI=1S/C6H15N2O2/c1-6(9)10-5-4-8(2,3)7/h4-5,7H2,1-3H3/q+1. The van der Waals surface area contributed by atoms with Crippen LogP contribution in [0.3, 0.4) is 0 Å². The molecule has 0 rings (SSSR count). The Morgan fingerprint density at radius 3 is 2.40 bits per heavy atom. The molecule has 0 aliphatic heterocycles. The van der Waals surface area contributed by atoms with E-state index < -0.39 is 0 Å². The Hall–Kier alpha value is -0.610. The van der Waals surface area contributed by atoms with Crippen LogP contribution in [0, 0.1) is 0 Å². The van der Waals surface area contributed by atoms with E-state index in [1.807, 2.05) is 14.1 Å². The fourth-order valence-electron chi connectivity index (χ4n) is 0.425. The summed E-state index contributed by atoms with van der Waals surface area (Å²) in [5, 5.41) is 0. The number of nitrogens with zero attached hydrogens (tertiary/aromatic N) is 1. The number of hydrogen-bond acceptors (Lipinski definition) is 3. The predicted octanol–water partition coefficient (Wildman–Crippen LogP) is -0.500. The molecule has 60 valence electrons. The molecule has 4 heteroatoms. The first-order valence-corrected chi connectivity index (χ1v) is 3.17. The van der Waals surface area contributed by atoms with Gasteiger partial charge in [0.05, 0.1) is 14.1 Å². The molecule has 0 radical (unpaired) electrons. The minimum Gasteiger partial charge on any atom is -0.460 e. The van der Waals surface area contributed by atoms with Crippen molar-refractivity contribution in [3.63, 3.8) is 0 Å². The third-order valence-corrected chi connectivity index (χ3v) is 0.973. The number of carbonyl (C=O) groups is 1. The van der Waals surface area contributed by atoms with Crippen LogP contribution in [0.2, 0.25) is 0 Å². The molecule has 10 heavy (non-hydrogen) atoms. The Morgan fingerprint density at radius 2 is 2.10 bits per heavy atom. The Bertz CT molecular complexity index is 117. The molecule has 0 aromatic rings. The lowest BCUT2D eigenvalue weighted by molar-refractivity contribution is -0.902. The second kappa shape index (κ2) is 3.53. The van der Waals surface area contributed by atoms with Gasteiger partial charge in [-0.2, -0.15) is 5.84 Å². The average Bonchev–Trinajstić information content (AvgIpc) is 1.59. The van der Waals surface area contributed by atoms with Gasteiger partial charge in [0.15, 0.2) is 0 Å². The van der Waals surface area contributed by atoms with Gasteiger partial charge in [-0.05, 0) is 0 Å². The number of rotatable bonds is 3. The highest BCUT2D eigenvalue weighted by Crippen LogP contribution is 1.84. The summed E-state index contributed by atoms with van der Waals surface area (Å²) in [5.74, 6) is 5.31. The van der Waals surface area contributed by atoms with Crippen LogP contribution >= 0.6 is 0 Å². The monoisotopic (exact) mass is 147 g/mol. The molecule has 0 amide bonds. The maximum absolute atomic E-state index is 10.3. The molecule has 0 aromatic carbocycles. The van der Waals surface area contributed by atoms with Crippen LogP contribution in [-0.2, 0) is 9.53 Å². The second-order valence-corrected chi connectivity index (χ2v) is 2.84. The van der Waals surface area contributed by atoms with Gasteiger partial charge in [0.1, 0.15) is 13.2 Å². The van der Waals surface area contributed by atoms with Gasteiger partial charge in [-0.15, -0.1) is 0 Å². The summed E-state index contributed by atoms with van der Waals surface area (Å²) in [7, 11) is 3.67. The van der Waals surface area contributed by atoms with E-state index in [1.54, 1.807) is 0 Å². The van der Waals surface area contributed by atoms with Gasteiger partial charge in [0.25, 0.3) is 0 Å². The zero-order chi connectivity index (χ0) is 8.20. The Morgan fingerprint density at radius 1 is 1.60 bits per heavy atom. The van der Waals surface area contributed by atoms with Crippen molar-refractivity contribution >= 4 is 5.97 Å². The van der Waals surface area contributed by atoms with Gasteiger partial charge >= 0.3 is 5.97 Å². The van der Waals surface area contributed by atoms with E-state index in [9.17, 15) is 4.79 Å². The van der Waals surface area contributed by atoms with Crippen molar-refractivity contribution in [2.24, 2.45) is 5.84 Å². The molecule has 0 aliphatic carbocycles. The van der Waals surface area contributed by atoms with Gasteiger partial charge in [-0.3, -0.25) is 9.39 Å². The van der Waals surface area contributed by atoms with Gasteiger partial charge in [-0.25, -0.2) is 0 Å². The van der Waals surface area contributed by atoms with Crippen molar-refractivity contribution in [1.29, 1.82) is 0 Å². The maximum Gasteiger partial charge on any atom is 0.302 e. The molecule has 4 nitrogen and oxygen atoms in total. The number of ether oxygens (including phenoxy) is 1. The third-order valence-electron chi connectivity index (χ3n) is 0.973. The zero-order valence-electron chi connectivity index (χ0n) is 6.76. The number of carbonyl (C=O) groups excluding carboxylic acids is 1. The zero-order valence-corrected chi connectivity index (χ0v) is 6.76. The number of likely N-dealkylation sites (N-methyl/N-ethyl adjacent to an activating group) is 1. The largest absolute Gasteiger partial charge is 0.460 e. The van der Waals surface area contributed by atoms with Crippen LogP contribution in [0.4, 0.5) is 0 Å². The van der Waals surface area contributed by atoms with Crippen molar-refractivity contribution in [2.45, 2.75) is 6.92 Å². The molecule has 0 heterocycles. The van der Waals surface area contributed by atoms with E-state index in [0.717, 1.165) is 0 Å². The van der Waals surface area contributed by atoms with Crippen molar-refractivity contribution in [3.8, 4) is 0 Å². The summed E-state index contributed by atoms with van der Waals surface area (Å²) in [6, 6.07) is 0. The topological polar surface area (TPSA) is 52.3 Å². The van der Waals surface area contributed by atoms with Crippen LogP contribution in [0.5, 0.6) is 0 Å². The summed E-state index contributed by atoms with van der Waals surface area (Å²) in [6.45, 7) is 2.41. The maximum atomic E-state index is 10.3. The van der Waals surface area contributed by atoms with E-state index in [1.165, 1.54) is 6.92 Å². The molecular weight excluding hydrogens is 132 g/mol. The van der Waals surface area contributed by atoms with Crippen LogP contribution in [0.25, 0.3) is 0 Å². The highest BCUT2D eigenvalue weighted by atomic mass is 16.5. The first-order valence-electron chi connectivity index (χ1n) is 3.17. The van der Waals surface area contributed by atoms with E-state index in [2.05, 4.69) is 4.74 Å². The molecule has 0 saturated carbocycles. The quantitative estimate of drug-likeness (QED) is 0.253. The summed E-state index contributed by atoms with van der Waals surface area (Å²) in [4.78, 5) is 10.3. The highest BCUT2D eigenvalue weighted by molar-refractivity contribution is 5.65. The van der Waals surface area contributed by atoms with E-state index in [4.69, 9.17) is 5.84 Å². The predicted molar refractivity (Wildman–Crippen MR) is 37.8 cm³/mol. The molecule has 0 bridgehead atoms. The summed E-state index contributed by atoms with van der Waals surface area (Å²) in [6.07, 6.45) is 0. The minimum atomic E-state index is -0.256. The van der Waals surface area contributed by atoms with Gasteiger partial charge in [-0.1, -0.05) is 0 Å². The smallest absolute Gasteiger partial charge is 0.302 e. The molecule has 0 saturated heterocycles. The average molecular weight is 147 g/mol. The lowest BCUT2D eigenvalue weighted by Crippen LogP contribution is -2.48. The minimum absolute atomic E-state index is 0.256. The summed E-state index contributed by atoms with van der Waals surface area (Å²) >= 11 is 0. The molecule has 0 aromatic heterocycles. The van der Waals surface area contributed by atoms with Crippen molar-refractivity contribution in [1.82, 2.24) is 0 Å². The number of hydrogen-bond donors (Lipinski definition) is 1. The van der Waals surface area contributed by atoms with Gasteiger partial charge in [0, 0.05) is 6.92 Å². The third kappa shape index (κ3) is 7.39. The van der Waals surface area contributed by atoms with Crippen molar-refractivity contribution in [2.75, 3.05) is 27.2 Å². The normalized spacial score (nSPS) is 11.2. The summed E-state index contributed by atoms with van der Waals surface area (Å²) < 4.78 is 5.01. The van der Waals surface area contributed by atoms with Gasteiger partial charge < -0.3 is 4.74 Å². The molecule has 0 atom stereocenters. The Kier molecular flexibility index (Phi) is 3.32. The van der Waals surface area contributed by atoms with Crippen molar-refractivity contribution < 1.29 is 14.1 Å². The van der Waals surface area contributed by atoms with Crippen LogP contribution in [0.1, 0.15) is 6.92 Å². The fraction of sp³-hybridized carbons (Fsp3) is 0.833. The lowest BCUT2D eigenvalue weighted by Gasteiger charge is -2.21. The molecule has 0 aliphatic rings. The molecule has 0 spiro atoms.